The first-order chi connectivity index (χ1) is 17.2. The van der Waals surface area contributed by atoms with Crippen LogP contribution >= 0.6 is 0 Å². The lowest BCUT2D eigenvalue weighted by atomic mass is 10.0. The number of carbonyl (C=O) groups is 2. The lowest BCUT2D eigenvalue weighted by molar-refractivity contribution is -0.120. The van der Waals surface area contributed by atoms with E-state index in [9.17, 15) is 18.0 Å². The van der Waals surface area contributed by atoms with Gasteiger partial charge in [0.25, 0.3) is 10.0 Å². The lowest BCUT2D eigenvalue weighted by Gasteiger charge is -2.25. The van der Waals surface area contributed by atoms with Crippen LogP contribution in [-0.4, -0.2) is 38.4 Å². The summed E-state index contributed by atoms with van der Waals surface area (Å²) in [6, 6.07) is 22.7. The number of anilines is 1. The number of pyridine rings is 1. The van der Waals surface area contributed by atoms with Crippen molar-refractivity contribution < 1.29 is 18.0 Å². The molecule has 184 valence electrons. The predicted molar refractivity (Wildman–Crippen MR) is 139 cm³/mol. The van der Waals surface area contributed by atoms with E-state index in [-0.39, 0.29) is 11.3 Å². The van der Waals surface area contributed by atoms with Crippen molar-refractivity contribution in [3.8, 4) is 0 Å². The molecule has 9 heteroatoms. The molecule has 0 aliphatic heterocycles. The van der Waals surface area contributed by atoms with Gasteiger partial charge in [-0.25, -0.2) is 17.9 Å². The van der Waals surface area contributed by atoms with E-state index < -0.39 is 28.0 Å². The van der Waals surface area contributed by atoms with Crippen molar-refractivity contribution in [1.82, 2.24) is 15.0 Å². The Bertz CT molecular complexity index is 1510. The minimum atomic E-state index is -4.13. The molecule has 0 bridgehead atoms. The van der Waals surface area contributed by atoms with Gasteiger partial charge in [0.2, 0.25) is 5.91 Å². The van der Waals surface area contributed by atoms with Crippen LogP contribution in [0.25, 0.3) is 10.9 Å². The average Bonchev–Trinajstić information content (AvgIpc) is 2.87. The van der Waals surface area contributed by atoms with Gasteiger partial charge >= 0.3 is 6.03 Å². The highest BCUT2D eigenvalue weighted by Gasteiger charge is 2.28. The van der Waals surface area contributed by atoms with Gasteiger partial charge in [0, 0.05) is 30.7 Å². The van der Waals surface area contributed by atoms with Gasteiger partial charge < -0.3 is 10.2 Å². The zero-order valence-corrected chi connectivity index (χ0v) is 20.7. The summed E-state index contributed by atoms with van der Waals surface area (Å²) in [5, 5.41) is 3.49. The molecule has 8 nitrogen and oxygen atoms in total. The van der Waals surface area contributed by atoms with E-state index in [1.165, 1.54) is 11.0 Å². The molecule has 0 radical (unpaired) electrons. The Morgan fingerprint density at radius 2 is 1.67 bits per heavy atom. The molecule has 4 aromatic rings. The quantitative estimate of drug-likeness (QED) is 0.400. The molecule has 1 atom stereocenters. The van der Waals surface area contributed by atoms with Gasteiger partial charge in [-0.1, -0.05) is 60.7 Å². The van der Waals surface area contributed by atoms with Gasteiger partial charge in [0.05, 0.1) is 10.4 Å². The van der Waals surface area contributed by atoms with Crippen LogP contribution in [0.3, 0.4) is 0 Å². The number of aryl methyl sites for hydroxylation is 1. The average molecular weight is 503 g/mol. The third-order valence-corrected chi connectivity index (χ3v) is 7.29. The van der Waals surface area contributed by atoms with Crippen LogP contribution in [0, 0.1) is 6.92 Å². The number of carbonyl (C=O) groups excluding carboxylic acids is 2. The van der Waals surface area contributed by atoms with Gasteiger partial charge in [-0.05, 0) is 42.3 Å². The zero-order valence-electron chi connectivity index (χ0n) is 19.9. The van der Waals surface area contributed by atoms with E-state index in [0.29, 0.717) is 11.3 Å². The third kappa shape index (κ3) is 5.69. The number of hydrogen-bond donors (Lipinski definition) is 2. The molecule has 36 heavy (non-hydrogen) atoms. The van der Waals surface area contributed by atoms with E-state index >= 15 is 0 Å². The summed E-state index contributed by atoms with van der Waals surface area (Å²) in [5.41, 5.74) is 2.63. The second-order valence-electron chi connectivity index (χ2n) is 8.36. The molecule has 0 fully saturated rings. The zero-order chi connectivity index (χ0) is 25.7. The molecule has 0 saturated heterocycles. The first kappa shape index (κ1) is 24.9. The summed E-state index contributed by atoms with van der Waals surface area (Å²) in [6.45, 7) is 1.64. The summed E-state index contributed by atoms with van der Waals surface area (Å²) in [4.78, 5) is 32.1. The highest BCUT2D eigenvalue weighted by Crippen LogP contribution is 2.21. The summed E-state index contributed by atoms with van der Waals surface area (Å²) in [7, 11) is -2.52. The Balaban J connectivity index is 1.57. The number of nitrogens with one attached hydrogen (secondary N) is 2. The fourth-order valence-corrected chi connectivity index (χ4v) is 5.06. The van der Waals surface area contributed by atoms with Crippen molar-refractivity contribution in [2.24, 2.45) is 0 Å². The number of likely N-dealkylation sites (N-methyl/N-ethyl adjacent to an activating group) is 1. The molecule has 0 aliphatic carbocycles. The number of rotatable bonds is 7. The van der Waals surface area contributed by atoms with Crippen LogP contribution in [-0.2, 0) is 21.2 Å². The third-order valence-electron chi connectivity index (χ3n) is 5.80. The maximum atomic E-state index is 13.5. The van der Waals surface area contributed by atoms with E-state index in [2.05, 4.69) is 10.3 Å². The Morgan fingerprint density at radius 3 is 2.42 bits per heavy atom. The second-order valence-corrected chi connectivity index (χ2v) is 10.0. The molecule has 2 N–H and O–H groups in total. The van der Waals surface area contributed by atoms with Crippen molar-refractivity contribution in [2.45, 2.75) is 24.3 Å². The van der Waals surface area contributed by atoms with Gasteiger partial charge in [-0.15, -0.1) is 0 Å². The van der Waals surface area contributed by atoms with Gasteiger partial charge in [0.1, 0.15) is 6.04 Å². The minimum absolute atomic E-state index is 0.00753. The maximum absolute atomic E-state index is 13.5. The maximum Gasteiger partial charge on any atom is 0.329 e. The van der Waals surface area contributed by atoms with Crippen molar-refractivity contribution >= 4 is 38.6 Å². The highest BCUT2D eigenvalue weighted by molar-refractivity contribution is 7.90. The lowest BCUT2D eigenvalue weighted by Crippen LogP contribution is -2.52. The Kier molecular flexibility index (Phi) is 7.30. The molecule has 0 aliphatic rings. The summed E-state index contributed by atoms with van der Waals surface area (Å²) in [6.07, 6.45) is 1.85. The summed E-state index contributed by atoms with van der Waals surface area (Å²) < 4.78 is 27.6. The molecule has 3 amide bonds. The Hall–Kier alpha value is -4.24. The number of nitrogens with zero attached hydrogens (tertiary/aromatic N) is 2. The van der Waals surface area contributed by atoms with E-state index in [4.69, 9.17) is 0 Å². The molecular formula is C27H26N4O4S. The van der Waals surface area contributed by atoms with Gasteiger partial charge in [-0.2, -0.15) is 0 Å². The smallest absolute Gasteiger partial charge is 0.325 e. The molecule has 4 rings (SSSR count). The number of sulfonamides is 1. The largest absolute Gasteiger partial charge is 0.329 e. The number of aromatic nitrogens is 1. The molecule has 1 aromatic heterocycles. The van der Waals surface area contributed by atoms with Crippen LogP contribution in [0.2, 0.25) is 0 Å². The van der Waals surface area contributed by atoms with Crippen molar-refractivity contribution in [3.05, 3.63) is 102 Å². The molecule has 0 saturated carbocycles. The van der Waals surface area contributed by atoms with Crippen LogP contribution in [0.1, 0.15) is 11.1 Å². The Morgan fingerprint density at radius 1 is 0.944 bits per heavy atom. The molecular weight excluding hydrogens is 476 g/mol. The molecule has 1 heterocycles. The molecule has 3 aromatic carbocycles. The SMILES string of the molecule is Cc1ccccc1S(=O)(=O)NC(=O)N[C@@H](Cc1ccccc1)C(=O)N(C)c1ccc2cccnc2c1. The fraction of sp³-hybridized carbons (Fsp3) is 0.148. The Labute approximate surface area is 210 Å². The van der Waals surface area contributed by atoms with Crippen LogP contribution in [0.4, 0.5) is 10.5 Å². The monoisotopic (exact) mass is 502 g/mol. The molecule has 0 spiro atoms. The summed E-state index contributed by atoms with van der Waals surface area (Å²) >= 11 is 0. The highest BCUT2D eigenvalue weighted by atomic mass is 32.2. The fourth-order valence-electron chi connectivity index (χ4n) is 3.90. The normalized spacial score (nSPS) is 12.1. The standard InChI is InChI=1S/C27H26N4O4S/c1-19-9-6-7-13-25(19)36(34,35)30-27(33)29-24(17-20-10-4-3-5-11-20)26(32)31(2)22-15-14-21-12-8-16-28-23(21)18-22/h3-16,18,24H,17H2,1-2H3,(H2,29,30,33)/t24-/m0/s1. The van der Waals surface area contributed by atoms with Crippen molar-refractivity contribution in [2.75, 3.05) is 11.9 Å². The molecule has 0 unspecified atom stereocenters. The van der Waals surface area contributed by atoms with Crippen LogP contribution in [0.15, 0.2) is 96.0 Å². The number of urea groups is 1. The van der Waals surface area contributed by atoms with E-state index in [1.54, 1.807) is 50.5 Å². The predicted octanol–water partition coefficient (Wildman–Crippen LogP) is 3.81. The van der Waals surface area contributed by atoms with Gasteiger partial charge in [0.15, 0.2) is 0 Å². The van der Waals surface area contributed by atoms with E-state index in [0.717, 1.165) is 16.5 Å². The number of benzene rings is 3. The van der Waals surface area contributed by atoms with E-state index in [1.807, 2.05) is 53.3 Å². The van der Waals surface area contributed by atoms with Crippen molar-refractivity contribution in [1.29, 1.82) is 0 Å². The van der Waals surface area contributed by atoms with Crippen LogP contribution < -0.4 is 14.9 Å². The summed E-state index contributed by atoms with van der Waals surface area (Å²) in [5.74, 6) is -0.405. The first-order valence-electron chi connectivity index (χ1n) is 11.3. The minimum Gasteiger partial charge on any atom is -0.325 e. The van der Waals surface area contributed by atoms with Crippen LogP contribution in [0.5, 0.6) is 0 Å². The first-order valence-corrected chi connectivity index (χ1v) is 12.8. The topological polar surface area (TPSA) is 108 Å². The second kappa shape index (κ2) is 10.6. The number of hydrogen-bond acceptors (Lipinski definition) is 5. The van der Waals surface area contributed by atoms with Crippen molar-refractivity contribution in [3.63, 3.8) is 0 Å². The number of amides is 3. The van der Waals surface area contributed by atoms with Gasteiger partial charge in [-0.3, -0.25) is 9.78 Å². The number of fused-ring (bicyclic) bond motifs is 1.